The zero-order valence-electron chi connectivity index (χ0n) is 8.56. The van der Waals surface area contributed by atoms with Crippen LogP contribution in [-0.2, 0) is 4.74 Å². The Morgan fingerprint density at radius 3 is 2.86 bits per heavy atom. The van der Waals surface area contributed by atoms with Gasteiger partial charge in [0.25, 0.3) is 0 Å². The van der Waals surface area contributed by atoms with Gasteiger partial charge in [-0.2, -0.15) is 0 Å². The number of hydrogen-bond donors (Lipinski definition) is 1. The topological polar surface area (TPSA) is 48.1 Å². The molecule has 0 unspecified atom stereocenters. The van der Waals surface area contributed by atoms with E-state index in [1.807, 2.05) is 25.3 Å². The molecule has 0 fully saturated rings. The van der Waals surface area contributed by atoms with E-state index in [1.54, 1.807) is 18.9 Å². The Balaban J connectivity index is 2.47. The van der Waals surface area contributed by atoms with E-state index in [4.69, 9.17) is 10.5 Å². The van der Waals surface area contributed by atoms with Crippen molar-refractivity contribution in [3.05, 3.63) is 24.0 Å². The van der Waals surface area contributed by atoms with Crippen molar-refractivity contribution in [2.24, 2.45) is 5.73 Å². The molecule has 0 aromatic carbocycles. The quantitative estimate of drug-likeness (QED) is 0.597. The van der Waals surface area contributed by atoms with Crippen LogP contribution in [-0.4, -0.2) is 24.5 Å². The molecule has 0 aliphatic rings. The largest absolute Gasteiger partial charge is 0.384 e. The molecule has 78 valence electrons. The van der Waals surface area contributed by atoms with Crippen LogP contribution in [0.15, 0.2) is 23.2 Å². The zero-order chi connectivity index (χ0) is 10.4. The molecule has 0 radical (unpaired) electrons. The molecule has 14 heavy (non-hydrogen) atoms. The lowest BCUT2D eigenvalue weighted by Gasteiger charge is -2.05. The minimum absolute atomic E-state index is 0.00743. The van der Waals surface area contributed by atoms with Gasteiger partial charge in [-0.05, 0) is 19.1 Å². The molecule has 1 aromatic rings. The third-order valence-electron chi connectivity index (χ3n) is 1.78. The third kappa shape index (κ3) is 3.65. The summed E-state index contributed by atoms with van der Waals surface area (Å²) in [5.41, 5.74) is 6.63. The van der Waals surface area contributed by atoms with E-state index in [0.717, 1.165) is 22.9 Å². The SMILES string of the molecule is COCCSc1ccc([C@H](C)N)nc1. The summed E-state index contributed by atoms with van der Waals surface area (Å²) >= 11 is 1.74. The highest BCUT2D eigenvalue weighted by molar-refractivity contribution is 7.99. The normalized spacial score (nSPS) is 12.8. The second kappa shape index (κ2) is 6.01. The van der Waals surface area contributed by atoms with Crippen LogP contribution in [0.2, 0.25) is 0 Å². The first-order valence-corrected chi connectivity index (χ1v) is 5.56. The molecule has 1 aromatic heterocycles. The molecule has 0 aliphatic carbocycles. The number of methoxy groups -OCH3 is 1. The second-order valence-electron chi connectivity index (χ2n) is 3.05. The number of nitrogens with two attached hydrogens (primary N) is 1. The average molecular weight is 212 g/mol. The Kier molecular flexibility index (Phi) is 4.93. The van der Waals surface area contributed by atoms with Crippen LogP contribution < -0.4 is 5.73 Å². The van der Waals surface area contributed by atoms with Gasteiger partial charge in [0.1, 0.15) is 0 Å². The highest BCUT2D eigenvalue weighted by Crippen LogP contribution is 2.17. The van der Waals surface area contributed by atoms with Crippen molar-refractivity contribution in [3.8, 4) is 0 Å². The molecule has 0 aliphatic heterocycles. The van der Waals surface area contributed by atoms with Gasteiger partial charge in [-0.1, -0.05) is 0 Å². The fourth-order valence-electron chi connectivity index (χ4n) is 0.989. The summed E-state index contributed by atoms with van der Waals surface area (Å²) in [6, 6.07) is 4.03. The van der Waals surface area contributed by atoms with Gasteiger partial charge in [-0.25, -0.2) is 0 Å². The molecule has 1 heterocycles. The number of aromatic nitrogens is 1. The van der Waals surface area contributed by atoms with Crippen molar-refractivity contribution in [2.45, 2.75) is 17.9 Å². The fraction of sp³-hybridized carbons (Fsp3) is 0.500. The second-order valence-corrected chi connectivity index (χ2v) is 4.22. The molecule has 0 spiro atoms. The minimum Gasteiger partial charge on any atom is -0.384 e. The van der Waals surface area contributed by atoms with E-state index in [2.05, 4.69) is 4.98 Å². The number of hydrogen-bond acceptors (Lipinski definition) is 4. The maximum Gasteiger partial charge on any atom is 0.0569 e. The summed E-state index contributed by atoms with van der Waals surface area (Å²) in [5, 5.41) is 0. The van der Waals surface area contributed by atoms with Crippen molar-refractivity contribution in [3.63, 3.8) is 0 Å². The molecule has 4 heteroatoms. The molecular formula is C10H16N2OS. The Morgan fingerprint density at radius 1 is 1.57 bits per heavy atom. The average Bonchev–Trinajstić information content (AvgIpc) is 2.19. The highest BCUT2D eigenvalue weighted by atomic mass is 32.2. The monoisotopic (exact) mass is 212 g/mol. The van der Waals surface area contributed by atoms with E-state index < -0.39 is 0 Å². The van der Waals surface area contributed by atoms with Crippen LogP contribution in [0.4, 0.5) is 0 Å². The maximum atomic E-state index is 5.70. The predicted molar refractivity (Wildman–Crippen MR) is 59.4 cm³/mol. The molecule has 0 saturated carbocycles. The van der Waals surface area contributed by atoms with E-state index in [1.165, 1.54) is 0 Å². The van der Waals surface area contributed by atoms with Crippen molar-refractivity contribution in [2.75, 3.05) is 19.5 Å². The molecule has 3 nitrogen and oxygen atoms in total. The van der Waals surface area contributed by atoms with Crippen LogP contribution in [0.25, 0.3) is 0 Å². The maximum absolute atomic E-state index is 5.70. The number of ether oxygens (including phenoxy) is 1. The molecule has 0 bridgehead atoms. The molecule has 2 N–H and O–H groups in total. The standard InChI is InChI=1S/C10H16N2OS/c1-8(11)10-4-3-9(7-12-10)14-6-5-13-2/h3-4,7-8H,5-6,11H2,1-2H3/t8-/m0/s1. The Labute approximate surface area is 89.1 Å². The van der Waals surface area contributed by atoms with Gasteiger partial charge < -0.3 is 10.5 Å². The third-order valence-corrected chi connectivity index (χ3v) is 2.73. The molecule has 0 saturated heterocycles. The number of pyridine rings is 1. The van der Waals surface area contributed by atoms with Crippen molar-refractivity contribution in [1.82, 2.24) is 4.98 Å². The molecular weight excluding hydrogens is 196 g/mol. The summed E-state index contributed by atoms with van der Waals surface area (Å²) in [6.45, 7) is 2.69. The van der Waals surface area contributed by atoms with E-state index >= 15 is 0 Å². The summed E-state index contributed by atoms with van der Waals surface area (Å²) in [6.07, 6.45) is 1.86. The van der Waals surface area contributed by atoms with Gasteiger partial charge in [0.15, 0.2) is 0 Å². The summed E-state index contributed by atoms with van der Waals surface area (Å²) in [4.78, 5) is 5.43. The number of rotatable bonds is 5. The van der Waals surface area contributed by atoms with Crippen LogP contribution in [0.1, 0.15) is 18.7 Å². The van der Waals surface area contributed by atoms with E-state index in [0.29, 0.717) is 0 Å². The van der Waals surface area contributed by atoms with Gasteiger partial charge in [0.2, 0.25) is 0 Å². The van der Waals surface area contributed by atoms with Gasteiger partial charge in [0, 0.05) is 30.0 Å². The van der Waals surface area contributed by atoms with Gasteiger partial charge in [0.05, 0.1) is 12.3 Å². The van der Waals surface area contributed by atoms with Crippen molar-refractivity contribution >= 4 is 11.8 Å². The first-order chi connectivity index (χ1) is 6.74. The first-order valence-electron chi connectivity index (χ1n) is 4.57. The van der Waals surface area contributed by atoms with Gasteiger partial charge in [-0.15, -0.1) is 11.8 Å². The van der Waals surface area contributed by atoms with Crippen LogP contribution >= 0.6 is 11.8 Å². The highest BCUT2D eigenvalue weighted by Gasteiger charge is 2.00. The molecule has 0 amide bonds. The predicted octanol–water partition coefficient (Wildman–Crippen LogP) is 1.84. The van der Waals surface area contributed by atoms with Crippen molar-refractivity contribution < 1.29 is 4.74 Å². The minimum atomic E-state index is 0.00743. The Bertz CT molecular complexity index is 261. The lowest BCUT2D eigenvalue weighted by molar-refractivity contribution is 0.218. The number of thioether (sulfide) groups is 1. The zero-order valence-corrected chi connectivity index (χ0v) is 9.38. The van der Waals surface area contributed by atoms with Crippen LogP contribution in [0, 0.1) is 0 Å². The Morgan fingerprint density at radius 2 is 2.36 bits per heavy atom. The fourth-order valence-corrected chi connectivity index (χ4v) is 1.77. The first kappa shape index (κ1) is 11.5. The summed E-state index contributed by atoms with van der Waals surface area (Å²) in [7, 11) is 1.71. The van der Waals surface area contributed by atoms with Crippen molar-refractivity contribution in [1.29, 1.82) is 0 Å². The summed E-state index contributed by atoms with van der Waals surface area (Å²) in [5.74, 6) is 0.954. The smallest absolute Gasteiger partial charge is 0.0569 e. The number of nitrogens with zero attached hydrogens (tertiary/aromatic N) is 1. The molecule has 1 atom stereocenters. The van der Waals surface area contributed by atoms with Gasteiger partial charge in [-0.3, -0.25) is 4.98 Å². The lowest BCUT2D eigenvalue weighted by Crippen LogP contribution is -2.06. The Hall–Kier alpha value is -0.580. The summed E-state index contributed by atoms with van der Waals surface area (Å²) < 4.78 is 4.96. The van der Waals surface area contributed by atoms with E-state index in [-0.39, 0.29) is 6.04 Å². The van der Waals surface area contributed by atoms with Crippen LogP contribution in [0.5, 0.6) is 0 Å². The molecule has 1 rings (SSSR count). The van der Waals surface area contributed by atoms with Crippen LogP contribution in [0.3, 0.4) is 0 Å². The lowest BCUT2D eigenvalue weighted by atomic mass is 10.2. The van der Waals surface area contributed by atoms with E-state index in [9.17, 15) is 0 Å². The van der Waals surface area contributed by atoms with Gasteiger partial charge >= 0.3 is 0 Å².